The molecular weight excluding hydrogens is 239 g/mol. The smallest absolute Gasteiger partial charge is 0.104 e. The number of aryl methyl sites for hydroxylation is 1. The Morgan fingerprint density at radius 3 is 2.90 bits per heavy atom. The Bertz CT molecular complexity index is 235. The minimum absolute atomic E-state index is 0.574. The molecular formula is C7H9IN2. The predicted molar refractivity (Wildman–Crippen MR) is 49.6 cm³/mol. The molecule has 0 atom stereocenters. The zero-order valence-electron chi connectivity index (χ0n) is 5.76. The van der Waals surface area contributed by atoms with Crippen LogP contribution < -0.4 is 5.73 Å². The van der Waals surface area contributed by atoms with Crippen molar-refractivity contribution in [3.8, 4) is 0 Å². The summed E-state index contributed by atoms with van der Waals surface area (Å²) in [4.78, 5) is 4.16. The standard InChI is InChI=1S/C7H9IN2/c1-5-2-6(3-9)4-10-7(5)8/h2,4H,3,9H2,1H3. The van der Waals surface area contributed by atoms with Gasteiger partial charge in [0.15, 0.2) is 0 Å². The summed E-state index contributed by atoms with van der Waals surface area (Å²) < 4.78 is 1.05. The molecule has 54 valence electrons. The maximum atomic E-state index is 5.43. The molecule has 0 aliphatic carbocycles. The molecule has 1 rings (SSSR count). The van der Waals surface area contributed by atoms with Gasteiger partial charge in [-0.2, -0.15) is 0 Å². The molecule has 0 aliphatic heterocycles. The second kappa shape index (κ2) is 3.30. The Hall–Kier alpha value is -0.160. The molecule has 10 heavy (non-hydrogen) atoms. The Balaban J connectivity index is 3.04. The zero-order chi connectivity index (χ0) is 7.56. The molecule has 1 heterocycles. The Morgan fingerprint density at radius 2 is 2.40 bits per heavy atom. The van der Waals surface area contributed by atoms with Crippen molar-refractivity contribution in [3.05, 3.63) is 27.1 Å². The van der Waals surface area contributed by atoms with Crippen LogP contribution in [0.4, 0.5) is 0 Å². The van der Waals surface area contributed by atoms with Gasteiger partial charge in [-0.3, -0.25) is 0 Å². The molecule has 0 bridgehead atoms. The highest BCUT2D eigenvalue weighted by molar-refractivity contribution is 14.1. The van der Waals surface area contributed by atoms with Crippen LogP contribution in [0.1, 0.15) is 11.1 Å². The normalized spacial score (nSPS) is 9.90. The fourth-order valence-corrected chi connectivity index (χ4v) is 1.02. The van der Waals surface area contributed by atoms with E-state index in [1.165, 1.54) is 5.56 Å². The predicted octanol–water partition coefficient (Wildman–Crippen LogP) is 1.45. The van der Waals surface area contributed by atoms with Crippen LogP contribution in [0.5, 0.6) is 0 Å². The summed E-state index contributed by atoms with van der Waals surface area (Å²) in [6, 6.07) is 2.06. The molecule has 3 heteroatoms. The number of rotatable bonds is 1. The van der Waals surface area contributed by atoms with Crippen molar-refractivity contribution in [2.45, 2.75) is 13.5 Å². The van der Waals surface area contributed by atoms with Crippen molar-refractivity contribution < 1.29 is 0 Å². The number of halogens is 1. The lowest BCUT2D eigenvalue weighted by atomic mass is 10.2. The second-order valence-electron chi connectivity index (χ2n) is 2.16. The van der Waals surface area contributed by atoms with Crippen LogP contribution in [0.25, 0.3) is 0 Å². The minimum Gasteiger partial charge on any atom is -0.326 e. The highest BCUT2D eigenvalue weighted by atomic mass is 127. The summed E-state index contributed by atoms with van der Waals surface area (Å²) in [6.45, 7) is 2.61. The lowest BCUT2D eigenvalue weighted by molar-refractivity contribution is 1.03. The fourth-order valence-electron chi connectivity index (χ4n) is 0.728. The van der Waals surface area contributed by atoms with Gasteiger partial charge in [0.2, 0.25) is 0 Å². The van der Waals surface area contributed by atoms with Crippen LogP contribution in [-0.4, -0.2) is 4.98 Å². The average Bonchev–Trinajstić information content (AvgIpc) is 1.95. The molecule has 0 fully saturated rings. The first-order valence-electron chi connectivity index (χ1n) is 3.05. The van der Waals surface area contributed by atoms with E-state index in [0.29, 0.717) is 6.54 Å². The van der Waals surface area contributed by atoms with Crippen LogP contribution in [0, 0.1) is 10.6 Å². The van der Waals surface area contributed by atoms with Gasteiger partial charge in [-0.25, -0.2) is 4.98 Å². The first kappa shape index (κ1) is 7.94. The maximum absolute atomic E-state index is 5.43. The molecule has 0 spiro atoms. The van der Waals surface area contributed by atoms with Crippen molar-refractivity contribution in [2.75, 3.05) is 0 Å². The van der Waals surface area contributed by atoms with Crippen molar-refractivity contribution in [1.82, 2.24) is 4.98 Å². The Kier molecular flexibility index (Phi) is 2.62. The number of pyridine rings is 1. The third-order valence-corrected chi connectivity index (χ3v) is 2.44. The molecule has 0 radical (unpaired) electrons. The van der Waals surface area contributed by atoms with Gasteiger partial charge in [0, 0.05) is 12.7 Å². The molecule has 0 amide bonds. The van der Waals surface area contributed by atoms with Gasteiger partial charge in [-0.15, -0.1) is 0 Å². The summed E-state index contributed by atoms with van der Waals surface area (Å²) in [7, 11) is 0. The van der Waals surface area contributed by atoms with E-state index in [1.54, 1.807) is 0 Å². The van der Waals surface area contributed by atoms with E-state index in [9.17, 15) is 0 Å². The van der Waals surface area contributed by atoms with E-state index >= 15 is 0 Å². The first-order valence-corrected chi connectivity index (χ1v) is 4.13. The molecule has 0 saturated carbocycles. The number of nitrogens with zero attached hydrogens (tertiary/aromatic N) is 1. The second-order valence-corrected chi connectivity index (χ2v) is 3.18. The van der Waals surface area contributed by atoms with Gasteiger partial charge < -0.3 is 5.73 Å². The summed E-state index contributed by atoms with van der Waals surface area (Å²) in [5, 5.41) is 0. The lowest BCUT2D eigenvalue weighted by Gasteiger charge is -1.98. The van der Waals surface area contributed by atoms with Crippen LogP contribution >= 0.6 is 22.6 Å². The lowest BCUT2D eigenvalue weighted by Crippen LogP contribution is -1.98. The third kappa shape index (κ3) is 1.67. The largest absolute Gasteiger partial charge is 0.326 e. The number of hydrogen-bond acceptors (Lipinski definition) is 2. The molecule has 2 nitrogen and oxygen atoms in total. The van der Waals surface area contributed by atoms with Crippen molar-refractivity contribution in [3.63, 3.8) is 0 Å². The number of hydrogen-bond donors (Lipinski definition) is 1. The van der Waals surface area contributed by atoms with Gasteiger partial charge >= 0.3 is 0 Å². The molecule has 0 aliphatic rings. The zero-order valence-corrected chi connectivity index (χ0v) is 7.92. The monoisotopic (exact) mass is 248 g/mol. The maximum Gasteiger partial charge on any atom is 0.104 e. The number of nitrogens with two attached hydrogens (primary N) is 1. The third-order valence-electron chi connectivity index (χ3n) is 1.31. The highest BCUT2D eigenvalue weighted by Gasteiger charge is 1.95. The van der Waals surface area contributed by atoms with Gasteiger partial charge in [-0.05, 0) is 40.6 Å². The summed E-state index contributed by atoms with van der Waals surface area (Å²) >= 11 is 2.21. The van der Waals surface area contributed by atoms with E-state index in [2.05, 4.69) is 33.6 Å². The van der Waals surface area contributed by atoms with Crippen molar-refractivity contribution in [1.29, 1.82) is 0 Å². The number of aromatic nitrogens is 1. The van der Waals surface area contributed by atoms with E-state index in [0.717, 1.165) is 9.26 Å². The molecule has 1 aromatic heterocycles. The van der Waals surface area contributed by atoms with Gasteiger partial charge in [0.25, 0.3) is 0 Å². The van der Waals surface area contributed by atoms with E-state index < -0.39 is 0 Å². The van der Waals surface area contributed by atoms with Crippen molar-refractivity contribution in [2.24, 2.45) is 5.73 Å². The summed E-state index contributed by atoms with van der Waals surface area (Å²) in [5.41, 5.74) is 7.72. The summed E-state index contributed by atoms with van der Waals surface area (Å²) in [5.74, 6) is 0. The van der Waals surface area contributed by atoms with Crippen LogP contribution in [0.3, 0.4) is 0 Å². The van der Waals surface area contributed by atoms with E-state index in [4.69, 9.17) is 5.73 Å². The molecule has 0 aromatic carbocycles. The van der Waals surface area contributed by atoms with Crippen LogP contribution in [0.2, 0.25) is 0 Å². The Labute approximate surface area is 74.0 Å². The molecule has 2 N–H and O–H groups in total. The molecule has 1 aromatic rings. The van der Waals surface area contributed by atoms with Crippen LogP contribution in [0.15, 0.2) is 12.3 Å². The van der Waals surface area contributed by atoms with E-state index in [1.807, 2.05) is 13.1 Å². The fraction of sp³-hybridized carbons (Fsp3) is 0.286. The first-order chi connectivity index (χ1) is 4.74. The average molecular weight is 248 g/mol. The summed E-state index contributed by atoms with van der Waals surface area (Å²) in [6.07, 6.45) is 1.81. The van der Waals surface area contributed by atoms with Gasteiger partial charge in [0.1, 0.15) is 3.70 Å². The molecule has 0 unspecified atom stereocenters. The minimum atomic E-state index is 0.574. The topological polar surface area (TPSA) is 38.9 Å². The van der Waals surface area contributed by atoms with E-state index in [-0.39, 0.29) is 0 Å². The Morgan fingerprint density at radius 1 is 1.70 bits per heavy atom. The van der Waals surface area contributed by atoms with Crippen LogP contribution in [-0.2, 0) is 6.54 Å². The molecule has 0 saturated heterocycles. The van der Waals surface area contributed by atoms with Gasteiger partial charge in [0.05, 0.1) is 0 Å². The SMILES string of the molecule is Cc1cc(CN)cnc1I. The van der Waals surface area contributed by atoms with Crippen molar-refractivity contribution >= 4 is 22.6 Å². The quantitative estimate of drug-likeness (QED) is 0.603. The highest BCUT2D eigenvalue weighted by Crippen LogP contribution is 2.08. The van der Waals surface area contributed by atoms with Gasteiger partial charge in [-0.1, -0.05) is 6.07 Å².